The Bertz CT molecular complexity index is 975. The van der Waals surface area contributed by atoms with Crippen LogP contribution in [0.25, 0.3) is 0 Å². The average molecular weight is 370 g/mol. The van der Waals surface area contributed by atoms with Gasteiger partial charge in [0.25, 0.3) is 16.0 Å². The molecule has 0 fully saturated rings. The van der Waals surface area contributed by atoms with Gasteiger partial charge in [-0.15, -0.1) is 5.10 Å². The Morgan fingerprint density at radius 1 is 1.04 bits per heavy atom. The minimum Gasteiger partial charge on any atom is -0.246 e. The van der Waals surface area contributed by atoms with Gasteiger partial charge in [0.2, 0.25) is 0 Å². The topological polar surface area (TPSA) is 76.9 Å². The normalized spacial score (nSPS) is 11.7. The molecular formula is C19H22N4O2S. The minimum absolute atomic E-state index is 0.0602. The summed E-state index contributed by atoms with van der Waals surface area (Å²) in [6.45, 7) is 6.68. The van der Waals surface area contributed by atoms with Crippen molar-refractivity contribution in [1.29, 1.82) is 0 Å². The van der Waals surface area contributed by atoms with Gasteiger partial charge >= 0.3 is 0 Å². The van der Waals surface area contributed by atoms with Gasteiger partial charge in [0, 0.05) is 0 Å². The molecule has 0 unspecified atom stereocenters. The lowest BCUT2D eigenvalue weighted by molar-refractivity contribution is 0.600. The van der Waals surface area contributed by atoms with Crippen molar-refractivity contribution in [1.82, 2.24) is 14.8 Å². The molecule has 3 rings (SSSR count). The molecule has 1 heterocycles. The summed E-state index contributed by atoms with van der Waals surface area (Å²) in [5, 5.41) is 4.20. The van der Waals surface area contributed by atoms with Crippen molar-refractivity contribution in [3.05, 3.63) is 71.5 Å². The third-order valence-electron chi connectivity index (χ3n) is 4.08. The van der Waals surface area contributed by atoms with Crippen LogP contribution in [-0.4, -0.2) is 23.2 Å². The molecule has 1 N–H and O–H groups in total. The second-order valence-corrected chi connectivity index (χ2v) is 8.26. The molecule has 0 atom stereocenters. The molecule has 2 aromatic carbocycles. The first kappa shape index (κ1) is 18.1. The molecule has 0 radical (unpaired) electrons. The standard InChI is InChI=1S/C19H22N4O2S/c1-14(2)17-8-10-18(11-9-17)26(24,25)22-19-20-13-23(21-19)12-16-6-4-15(3)5-7-16/h4-11,13-14H,12H2,1-3H3,(H,21,22). The SMILES string of the molecule is Cc1ccc(Cn2cnc(NS(=O)(=O)c3ccc(C(C)C)cc3)n2)cc1. The van der Waals surface area contributed by atoms with Crippen LogP contribution < -0.4 is 4.72 Å². The molecule has 0 aliphatic carbocycles. The van der Waals surface area contributed by atoms with Crippen molar-refractivity contribution >= 4 is 16.0 Å². The smallest absolute Gasteiger partial charge is 0.246 e. The Balaban J connectivity index is 1.72. The Kier molecular flexibility index (Phi) is 5.08. The summed E-state index contributed by atoms with van der Waals surface area (Å²) in [5.74, 6) is 0.406. The predicted molar refractivity (Wildman–Crippen MR) is 102 cm³/mol. The summed E-state index contributed by atoms with van der Waals surface area (Å²) in [5.41, 5.74) is 3.34. The first-order valence-electron chi connectivity index (χ1n) is 8.41. The van der Waals surface area contributed by atoms with Crippen LogP contribution in [0, 0.1) is 6.92 Å². The molecule has 3 aromatic rings. The maximum atomic E-state index is 12.5. The van der Waals surface area contributed by atoms with Gasteiger partial charge in [-0.25, -0.2) is 17.8 Å². The van der Waals surface area contributed by atoms with E-state index in [4.69, 9.17) is 0 Å². The van der Waals surface area contributed by atoms with E-state index >= 15 is 0 Å². The van der Waals surface area contributed by atoms with Crippen LogP contribution in [0.15, 0.2) is 59.8 Å². The predicted octanol–water partition coefficient (Wildman–Crippen LogP) is 3.56. The molecule has 0 aliphatic heterocycles. The van der Waals surface area contributed by atoms with Gasteiger partial charge in [0.05, 0.1) is 11.4 Å². The van der Waals surface area contributed by atoms with Crippen molar-refractivity contribution in [2.45, 2.75) is 38.1 Å². The molecule has 0 bridgehead atoms. The van der Waals surface area contributed by atoms with E-state index in [0.717, 1.165) is 11.1 Å². The molecule has 0 aliphatic rings. The van der Waals surface area contributed by atoms with Gasteiger partial charge < -0.3 is 0 Å². The number of aryl methyl sites for hydroxylation is 1. The molecule has 0 saturated heterocycles. The fraction of sp³-hybridized carbons (Fsp3) is 0.263. The maximum absolute atomic E-state index is 12.5. The van der Waals surface area contributed by atoms with E-state index in [2.05, 4.69) is 28.7 Å². The average Bonchev–Trinajstić information content (AvgIpc) is 3.03. The zero-order valence-electron chi connectivity index (χ0n) is 15.0. The lowest BCUT2D eigenvalue weighted by atomic mass is 10.0. The van der Waals surface area contributed by atoms with Crippen LogP contribution in [0.2, 0.25) is 0 Å². The maximum Gasteiger partial charge on any atom is 0.264 e. The van der Waals surface area contributed by atoms with Gasteiger partial charge in [-0.1, -0.05) is 55.8 Å². The highest BCUT2D eigenvalue weighted by molar-refractivity contribution is 7.92. The van der Waals surface area contributed by atoms with E-state index in [1.165, 1.54) is 11.9 Å². The number of sulfonamides is 1. The molecule has 0 spiro atoms. The van der Waals surface area contributed by atoms with Gasteiger partial charge in [-0.3, -0.25) is 0 Å². The largest absolute Gasteiger partial charge is 0.264 e. The molecule has 0 amide bonds. The van der Waals surface area contributed by atoms with Crippen LogP contribution in [0.4, 0.5) is 5.95 Å². The molecule has 0 saturated carbocycles. The van der Waals surface area contributed by atoms with Crippen molar-refractivity contribution in [2.75, 3.05) is 4.72 Å². The lowest BCUT2D eigenvalue weighted by Crippen LogP contribution is -2.14. The summed E-state index contributed by atoms with van der Waals surface area (Å²) in [7, 11) is -3.71. The van der Waals surface area contributed by atoms with Crippen LogP contribution in [0.1, 0.15) is 36.5 Å². The first-order valence-corrected chi connectivity index (χ1v) is 9.89. The van der Waals surface area contributed by atoms with Crippen molar-refractivity contribution in [3.63, 3.8) is 0 Å². The monoisotopic (exact) mass is 370 g/mol. The summed E-state index contributed by atoms with van der Waals surface area (Å²) in [6, 6.07) is 14.9. The highest BCUT2D eigenvalue weighted by Gasteiger charge is 2.16. The van der Waals surface area contributed by atoms with E-state index in [9.17, 15) is 8.42 Å². The minimum atomic E-state index is -3.71. The Labute approximate surface area is 154 Å². The number of rotatable bonds is 6. The van der Waals surface area contributed by atoms with Gasteiger partial charge in [-0.2, -0.15) is 4.98 Å². The molecule has 1 aromatic heterocycles. The third kappa shape index (κ3) is 4.29. The number of aromatic nitrogens is 3. The Morgan fingerprint density at radius 3 is 2.31 bits per heavy atom. The highest BCUT2D eigenvalue weighted by Crippen LogP contribution is 2.18. The third-order valence-corrected chi connectivity index (χ3v) is 5.43. The van der Waals surface area contributed by atoms with Crippen LogP contribution in [0.5, 0.6) is 0 Å². The number of hydrogen-bond donors (Lipinski definition) is 1. The van der Waals surface area contributed by atoms with Crippen LogP contribution in [0.3, 0.4) is 0 Å². The number of nitrogens with zero attached hydrogens (tertiary/aromatic N) is 3. The van der Waals surface area contributed by atoms with Gasteiger partial charge in [0.1, 0.15) is 6.33 Å². The summed E-state index contributed by atoms with van der Waals surface area (Å²) < 4.78 is 29.0. The zero-order chi connectivity index (χ0) is 18.7. The quantitative estimate of drug-likeness (QED) is 0.720. The van der Waals surface area contributed by atoms with E-state index in [1.807, 2.05) is 43.3 Å². The van der Waals surface area contributed by atoms with E-state index < -0.39 is 10.0 Å². The molecular weight excluding hydrogens is 348 g/mol. The zero-order valence-corrected chi connectivity index (χ0v) is 15.9. The van der Waals surface area contributed by atoms with E-state index in [-0.39, 0.29) is 10.8 Å². The van der Waals surface area contributed by atoms with Gasteiger partial charge in [0.15, 0.2) is 0 Å². The summed E-state index contributed by atoms with van der Waals surface area (Å²) >= 11 is 0. The lowest BCUT2D eigenvalue weighted by Gasteiger charge is -2.08. The van der Waals surface area contributed by atoms with Crippen molar-refractivity contribution in [2.24, 2.45) is 0 Å². The molecule has 136 valence electrons. The fourth-order valence-corrected chi connectivity index (χ4v) is 3.46. The van der Waals surface area contributed by atoms with Crippen molar-refractivity contribution < 1.29 is 8.42 Å². The molecule has 6 nitrogen and oxygen atoms in total. The van der Waals surface area contributed by atoms with E-state index in [0.29, 0.717) is 12.5 Å². The summed E-state index contributed by atoms with van der Waals surface area (Å²) in [4.78, 5) is 4.24. The summed E-state index contributed by atoms with van der Waals surface area (Å²) in [6.07, 6.45) is 1.51. The molecule has 7 heteroatoms. The fourth-order valence-electron chi connectivity index (χ4n) is 2.51. The number of anilines is 1. The number of benzene rings is 2. The number of hydrogen-bond acceptors (Lipinski definition) is 4. The van der Waals surface area contributed by atoms with Crippen LogP contribution in [-0.2, 0) is 16.6 Å². The Morgan fingerprint density at radius 2 is 1.69 bits per heavy atom. The first-order chi connectivity index (χ1) is 12.3. The Hall–Kier alpha value is -2.67. The van der Waals surface area contributed by atoms with Gasteiger partial charge in [-0.05, 0) is 36.1 Å². The number of nitrogens with one attached hydrogen (secondary N) is 1. The highest BCUT2D eigenvalue weighted by atomic mass is 32.2. The second kappa shape index (κ2) is 7.29. The molecule has 26 heavy (non-hydrogen) atoms. The van der Waals surface area contributed by atoms with Crippen molar-refractivity contribution in [3.8, 4) is 0 Å². The second-order valence-electron chi connectivity index (χ2n) is 6.58. The van der Waals surface area contributed by atoms with E-state index in [1.54, 1.807) is 16.8 Å². The van der Waals surface area contributed by atoms with Crippen LogP contribution >= 0.6 is 0 Å².